The van der Waals surface area contributed by atoms with Crippen molar-refractivity contribution in [1.29, 1.82) is 0 Å². The molecular weight excluding hydrogens is 855 g/mol. The highest BCUT2D eigenvalue weighted by Gasteiger charge is 2.20. The first-order chi connectivity index (χ1) is 20.4. The van der Waals surface area contributed by atoms with Crippen molar-refractivity contribution in [2.45, 2.75) is 9.79 Å². The topological polar surface area (TPSA) is 131 Å². The van der Waals surface area contributed by atoms with Crippen molar-refractivity contribution in [3.05, 3.63) is 89.7 Å². The standard InChI is InChI=1S/C13H8BrCl3O4S.C13H10BrCl2NO4S/c2*1-20-11-3-2-8(6-12(11)22(17,18)19)21-13-9(15)4-7(14)5-10(13)16/h2-6H,1H3;2-6H,1H3,(H2,17,18,19). The maximum Gasteiger partial charge on any atom is 0.265 e. The van der Waals surface area contributed by atoms with E-state index in [1.54, 1.807) is 24.3 Å². The molecule has 0 spiro atoms. The smallest absolute Gasteiger partial charge is 0.265 e. The maximum absolute atomic E-state index is 11.6. The Bertz CT molecular complexity index is 1740. The van der Waals surface area contributed by atoms with Gasteiger partial charge in [-0.05, 0) is 48.5 Å². The number of halogens is 7. The molecule has 0 saturated heterocycles. The van der Waals surface area contributed by atoms with Gasteiger partial charge in [-0.3, -0.25) is 0 Å². The molecule has 0 aliphatic carbocycles. The van der Waals surface area contributed by atoms with Crippen molar-refractivity contribution < 1.29 is 35.8 Å². The third-order valence-corrected chi connectivity index (χ3v) is 9.52. The summed E-state index contributed by atoms with van der Waals surface area (Å²) >= 11 is 30.8. The van der Waals surface area contributed by atoms with Crippen molar-refractivity contribution in [2.75, 3.05) is 14.2 Å². The SMILES string of the molecule is COc1ccc(Oc2c(Cl)cc(Br)cc2Cl)cc1S(=O)(=O)Cl.COc1ccc(Oc2c(Cl)cc(Br)cc2Cl)cc1S(N)(=O)=O. The Morgan fingerprint density at radius 2 is 0.955 bits per heavy atom. The quantitative estimate of drug-likeness (QED) is 0.173. The predicted octanol–water partition coefficient (Wildman–Crippen LogP) is 9.69. The Morgan fingerprint density at radius 3 is 1.27 bits per heavy atom. The van der Waals surface area contributed by atoms with Gasteiger partial charge in [0.2, 0.25) is 10.0 Å². The molecule has 0 aromatic heterocycles. The van der Waals surface area contributed by atoms with Gasteiger partial charge in [-0.25, -0.2) is 22.0 Å². The van der Waals surface area contributed by atoms with Crippen LogP contribution in [0.1, 0.15) is 0 Å². The molecule has 0 fully saturated rings. The van der Waals surface area contributed by atoms with Crippen LogP contribution in [0.3, 0.4) is 0 Å². The molecule has 44 heavy (non-hydrogen) atoms. The molecule has 18 heteroatoms. The number of rotatable bonds is 8. The van der Waals surface area contributed by atoms with E-state index in [0.717, 1.165) is 0 Å². The van der Waals surface area contributed by atoms with E-state index in [2.05, 4.69) is 31.9 Å². The average Bonchev–Trinajstić information content (AvgIpc) is 2.92. The number of ether oxygens (including phenoxy) is 4. The van der Waals surface area contributed by atoms with Crippen molar-refractivity contribution in [3.63, 3.8) is 0 Å². The highest BCUT2D eigenvalue weighted by atomic mass is 79.9. The average molecular weight is 874 g/mol. The molecule has 2 N–H and O–H groups in total. The van der Waals surface area contributed by atoms with Gasteiger partial charge in [0, 0.05) is 31.8 Å². The zero-order chi connectivity index (χ0) is 33.0. The molecule has 236 valence electrons. The number of sulfonamides is 1. The summed E-state index contributed by atoms with van der Waals surface area (Å²) in [5, 5.41) is 6.23. The van der Waals surface area contributed by atoms with Gasteiger partial charge in [0.05, 0.1) is 34.3 Å². The first-order valence-electron chi connectivity index (χ1n) is 11.4. The second-order valence-corrected chi connectivity index (χ2v) is 15.7. The third-order valence-electron chi connectivity index (χ3n) is 5.21. The van der Waals surface area contributed by atoms with Crippen LogP contribution in [0.15, 0.2) is 79.4 Å². The number of hydrogen-bond donors (Lipinski definition) is 1. The van der Waals surface area contributed by atoms with Crippen LogP contribution < -0.4 is 24.1 Å². The van der Waals surface area contributed by atoms with E-state index in [4.69, 9.17) is 81.2 Å². The Morgan fingerprint density at radius 1 is 0.614 bits per heavy atom. The van der Waals surface area contributed by atoms with Crippen LogP contribution in [0.25, 0.3) is 0 Å². The molecule has 0 aliphatic heterocycles. The summed E-state index contributed by atoms with van der Waals surface area (Å²) in [6, 6.07) is 14.8. The summed E-state index contributed by atoms with van der Waals surface area (Å²) in [5.41, 5.74) is 0. The van der Waals surface area contributed by atoms with Gasteiger partial charge in [0.25, 0.3) is 9.05 Å². The highest BCUT2D eigenvalue weighted by molar-refractivity contribution is 9.10. The number of nitrogens with two attached hydrogens (primary N) is 1. The van der Waals surface area contributed by atoms with Crippen LogP contribution in [0.5, 0.6) is 34.5 Å². The summed E-state index contributed by atoms with van der Waals surface area (Å²) in [5.74, 6) is 1.03. The summed E-state index contributed by atoms with van der Waals surface area (Å²) in [4.78, 5) is -0.407. The van der Waals surface area contributed by atoms with Gasteiger partial charge < -0.3 is 18.9 Å². The van der Waals surface area contributed by atoms with E-state index >= 15 is 0 Å². The first kappa shape index (κ1) is 36.8. The molecule has 4 aromatic rings. The lowest BCUT2D eigenvalue weighted by Gasteiger charge is -2.12. The summed E-state index contributed by atoms with van der Waals surface area (Å²) in [6.07, 6.45) is 0. The second kappa shape index (κ2) is 15.3. The first-order valence-corrected chi connectivity index (χ1v) is 18.4. The van der Waals surface area contributed by atoms with Crippen LogP contribution in [0.4, 0.5) is 0 Å². The number of hydrogen-bond acceptors (Lipinski definition) is 8. The lowest BCUT2D eigenvalue weighted by atomic mass is 10.3. The molecule has 0 aliphatic rings. The van der Waals surface area contributed by atoms with Gasteiger partial charge in [0.1, 0.15) is 32.8 Å². The molecule has 0 saturated carbocycles. The van der Waals surface area contributed by atoms with Crippen molar-refractivity contribution in [2.24, 2.45) is 5.14 Å². The Balaban J connectivity index is 0.000000240. The molecule has 0 amide bonds. The van der Waals surface area contributed by atoms with Gasteiger partial charge >= 0.3 is 0 Å². The zero-order valence-corrected chi connectivity index (χ0v) is 30.7. The molecule has 0 heterocycles. The van der Waals surface area contributed by atoms with Gasteiger partial charge in [-0.1, -0.05) is 78.3 Å². The number of benzene rings is 4. The van der Waals surface area contributed by atoms with Crippen molar-refractivity contribution >= 4 is 108 Å². The lowest BCUT2D eigenvalue weighted by molar-refractivity contribution is 0.400. The van der Waals surface area contributed by atoms with Crippen LogP contribution >= 0.6 is 88.9 Å². The Hall–Kier alpha value is -1.65. The van der Waals surface area contributed by atoms with E-state index in [1.165, 1.54) is 50.6 Å². The van der Waals surface area contributed by atoms with E-state index < -0.39 is 19.1 Å². The van der Waals surface area contributed by atoms with Crippen molar-refractivity contribution in [3.8, 4) is 34.5 Å². The lowest BCUT2D eigenvalue weighted by Crippen LogP contribution is -2.13. The fraction of sp³-hybridized carbons (Fsp3) is 0.0769. The normalized spacial score (nSPS) is 11.3. The minimum absolute atomic E-state index is 0.107. The second-order valence-electron chi connectivity index (χ2n) is 8.21. The molecule has 0 bridgehead atoms. The van der Waals surface area contributed by atoms with Gasteiger partial charge in [-0.2, -0.15) is 0 Å². The Labute approximate surface area is 294 Å². The molecule has 4 aromatic carbocycles. The summed E-state index contributed by atoms with van der Waals surface area (Å²) in [7, 11) is 0.0972. The molecule has 0 unspecified atom stereocenters. The van der Waals surface area contributed by atoms with E-state index in [1.807, 2.05) is 0 Å². The minimum atomic E-state index is -3.99. The fourth-order valence-electron chi connectivity index (χ4n) is 3.34. The van der Waals surface area contributed by atoms with Crippen LogP contribution in [-0.2, 0) is 19.1 Å². The molecule has 0 atom stereocenters. The largest absolute Gasteiger partial charge is 0.495 e. The minimum Gasteiger partial charge on any atom is -0.495 e. The summed E-state index contributed by atoms with van der Waals surface area (Å²) < 4.78 is 68.7. The highest BCUT2D eigenvalue weighted by Crippen LogP contribution is 2.41. The number of primary sulfonamides is 1. The van der Waals surface area contributed by atoms with Crippen molar-refractivity contribution in [1.82, 2.24) is 0 Å². The molecule has 4 rings (SSSR count). The number of methoxy groups -OCH3 is 2. The van der Waals surface area contributed by atoms with Gasteiger partial charge in [0.15, 0.2) is 11.5 Å². The van der Waals surface area contributed by atoms with Crippen LogP contribution in [0.2, 0.25) is 20.1 Å². The summed E-state index contributed by atoms with van der Waals surface area (Å²) in [6.45, 7) is 0. The van der Waals surface area contributed by atoms with E-state index in [-0.39, 0.29) is 64.4 Å². The van der Waals surface area contributed by atoms with E-state index in [9.17, 15) is 16.8 Å². The van der Waals surface area contributed by atoms with Crippen LogP contribution in [0, 0.1) is 0 Å². The maximum atomic E-state index is 11.6. The zero-order valence-electron chi connectivity index (χ0n) is 22.1. The third kappa shape index (κ3) is 9.68. The molecule has 0 radical (unpaired) electrons. The Kier molecular flexibility index (Phi) is 12.8. The predicted molar refractivity (Wildman–Crippen MR) is 179 cm³/mol. The van der Waals surface area contributed by atoms with Crippen LogP contribution in [-0.4, -0.2) is 31.1 Å². The van der Waals surface area contributed by atoms with Gasteiger partial charge in [-0.15, -0.1) is 0 Å². The molecular formula is C26H18Br2Cl5NO8S2. The fourth-order valence-corrected chi connectivity index (χ4v) is 7.64. The molecule has 9 nitrogen and oxygen atoms in total. The monoisotopic (exact) mass is 869 g/mol. The van der Waals surface area contributed by atoms with E-state index in [0.29, 0.717) is 8.95 Å².